The molecule has 0 fully saturated rings. The Hall–Kier alpha value is -2.74. The van der Waals surface area contributed by atoms with Crippen molar-refractivity contribution in [3.63, 3.8) is 0 Å². The zero-order valence-corrected chi connectivity index (χ0v) is 21.8. The molecule has 2 aliphatic heterocycles. The third kappa shape index (κ3) is 5.13. The van der Waals surface area contributed by atoms with E-state index in [1.54, 1.807) is 12.5 Å². The minimum Gasteiger partial charge on any atom is -0.349 e. The van der Waals surface area contributed by atoms with Crippen LogP contribution in [-0.4, -0.2) is 65.0 Å². The molecule has 0 unspecified atom stereocenters. The summed E-state index contributed by atoms with van der Waals surface area (Å²) in [6.45, 7) is 10.4. The van der Waals surface area contributed by atoms with Crippen molar-refractivity contribution in [2.45, 2.75) is 38.8 Å². The largest absolute Gasteiger partial charge is 0.349 e. The van der Waals surface area contributed by atoms with Gasteiger partial charge >= 0.3 is 0 Å². The predicted molar refractivity (Wildman–Crippen MR) is 143 cm³/mol. The van der Waals surface area contributed by atoms with Gasteiger partial charge < -0.3 is 15.1 Å². The smallest absolute Gasteiger partial charge is 0.147 e. The number of fused-ring (bicyclic) bond motifs is 2. The average Bonchev–Trinajstić information content (AvgIpc) is 2.82. The van der Waals surface area contributed by atoms with Crippen LogP contribution in [0.25, 0.3) is 0 Å². The molecule has 4 heterocycles. The number of rotatable bonds is 6. The number of anilines is 3. The van der Waals surface area contributed by atoms with Crippen LogP contribution in [0.4, 0.5) is 17.3 Å². The van der Waals surface area contributed by atoms with Gasteiger partial charge in [-0.05, 0) is 55.9 Å². The first-order chi connectivity index (χ1) is 16.8. The zero-order valence-electron chi connectivity index (χ0n) is 21.1. The molecular formula is C27H34ClN7. The number of benzene rings is 1. The summed E-state index contributed by atoms with van der Waals surface area (Å²) >= 11 is 6.39. The van der Waals surface area contributed by atoms with Gasteiger partial charge in [-0.15, -0.1) is 0 Å². The summed E-state index contributed by atoms with van der Waals surface area (Å²) in [4.78, 5) is 20.7. The maximum atomic E-state index is 6.39. The molecular weight excluding hydrogens is 458 g/mol. The number of nitrogens with one attached hydrogen (secondary N) is 1. The molecule has 0 spiro atoms. The molecule has 0 aliphatic carbocycles. The molecule has 0 radical (unpaired) electrons. The van der Waals surface area contributed by atoms with Gasteiger partial charge in [-0.25, -0.2) is 15.0 Å². The Kier molecular flexibility index (Phi) is 6.66. The van der Waals surface area contributed by atoms with Crippen molar-refractivity contribution in [3.8, 4) is 0 Å². The fourth-order valence-corrected chi connectivity index (χ4v) is 5.53. The third-order valence-electron chi connectivity index (χ3n) is 7.02. The first-order valence-corrected chi connectivity index (χ1v) is 12.6. The first kappa shape index (κ1) is 24.0. The van der Waals surface area contributed by atoms with Gasteiger partial charge in [0, 0.05) is 55.6 Å². The first-order valence-electron chi connectivity index (χ1n) is 12.3. The maximum absolute atomic E-state index is 6.39. The van der Waals surface area contributed by atoms with Crippen LogP contribution in [0.1, 0.15) is 36.2 Å². The third-order valence-corrected chi connectivity index (χ3v) is 7.31. The number of aromatic nitrogens is 3. The summed E-state index contributed by atoms with van der Waals surface area (Å²) in [5, 5.41) is 4.27. The second-order valence-corrected chi connectivity index (χ2v) is 10.9. The quantitative estimate of drug-likeness (QED) is 0.545. The van der Waals surface area contributed by atoms with Gasteiger partial charge in [-0.1, -0.05) is 31.5 Å². The number of nitrogens with zero attached hydrogens (tertiary/aromatic N) is 6. The lowest BCUT2D eigenvalue weighted by atomic mass is 9.78. The van der Waals surface area contributed by atoms with Crippen molar-refractivity contribution in [3.05, 3.63) is 70.3 Å². The molecule has 0 saturated carbocycles. The number of pyridine rings is 1. The Morgan fingerprint density at radius 1 is 1.11 bits per heavy atom. The van der Waals surface area contributed by atoms with Crippen LogP contribution < -0.4 is 10.2 Å². The van der Waals surface area contributed by atoms with E-state index in [2.05, 4.69) is 81.1 Å². The second-order valence-electron chi connectivity index (χ2n) is 10.5. The summed E-state index contributed by atoms with van der Waals surface area (Å²) < 4.78 is 0. The molecule has 1 aromatic carbocycles. The van der Waals surface area contributed by atoms with Gasteiger partial charge in [0.15, 0.2) is 0 Å². The summed E-state index contributed by atoms with van der Waals surface area (Å²) in [7, 11) is 4.27. The standard InChI is InChI=1S/C27H34ClN7/c1-27(2)17-34(13-12-33(3)4)15-19-14-20(7-8-22(19)27)32-25-21-9-11-35(16-24(21)30-18-31-25)26-23(28)6-5-10-29-26/h5-8,10,14,18H,9,11-13,15-17H2,1-4H3,(H,30,31,32). The summed E-state index contributed by atoms with van der Waals surface area (Å²) in [5.74, 6) is 1.70. The van der Waals surface area contributed by atoms with Crippen LogP contribution in [0.2, 0.25) is 5.02 Å². The highest BCUT2D eigenvalue weighted by Crippen LogP contribution is 2.36. The molecule has 3 aromatic rings. The van der Waals surface area contributed by atoms with E-state index >= 15 is 0 Å². The lowest BCUT2D eigenvalue weighted by Gasteiger charge is -2.40. The van der Waals surface area contributed by atoms with Gasteiger partial charge in [-0.3, -0.25) is 4.90 Å². The van der Waals surface area contributed by atoms with Crippen LogP contribution in [0.5, 0.6) is 0 Å². The Morgan fingerprint density at radius 2 is 1.97 bits per heavy atom. The zero-order chi connectivity index (χ0) is 24.6. The van der Waals surface area contributed by atoms with E-state index in [0.29, 0.717) is 11.6 Å². The van der Waals surface area contributed by atoms with Crippen molar-refractivity contribution in [2.24, 2.45) is 0 Å². The summed E-state index contributed by atoms with van der Waals surface area (Å²) in [5.41, 5.74) is 6.22. The van der Waals surface area contributed by atoms with Gasteiger partial charge in [0.2, 0.25) is 0 Å². The normalized spacial score (nSPS) is 17.3. The van der Waals surface area contributed by atoms with Crippen LogP contribution in [-0.2, 0) is 24.9 Å². The molecule has 184 valence electrons. The van der Waals surface area contributed by atoms with Crippen LogP contribution >= 0.6 is 11.6 Å². The highest BCUT2D eigenvalue weighted by molar-refractivity contribution is 6.32. The lowest BCUT2D eigenvalue weighted by Crippen LogP contribution is -2.44. The van der Waals surface area contributed by atoms with Gasteiger partial charge in [0.1, 0.15) is 18.0 Å². The topological polar surface area (TPSA) is 60.4 Å². The Labute approximate surface area is 213 Å². The highest BCUT2D eigenvalue weighted by Gasteiger charge is 2.32. The molecule has 0 saturated heterocycles. The van der Waals surface area contributed by atoms with Crippen molar-refractivity contribution in [1.82, 2.24) is 24.8 Å². The maximum Gasteiger partial charge on any atom is 0.147 e. The van der Waals surface area contributed by atoms with Gasteiger partial charge in [0.25, 0.3) is 0 Å². The van der Waals surface area contributed by atoms with Crippen molar-refractivity contribution in [2.75, 3.05) is 50.5 Å². The Balaban J connectivity index is 1.36. The molecule has 0 bridgehead atoms. The fraction of sp³-hybridized carbons (Fsp3) is 0.444. The van der Waals surface area contributed by atoms with Crippen LogP contribution in [0, 0.1) is 0 Å². The molecule has 5 rings (SSSR count). The molecule has 2 aliphatic rings. The monoisotopic (exact) mass is 491 g/mol. The SMILES string of the molecule is CN(C)CCN1Cc2cc(Nc3ncnc4c3CCN(c3ncccc3Cl)C4)ccc2C(C)(C)C1. The van der Waals surface area contributed by atoms with Crippen molar-refractivity contribution in [1.29, 1.82) is 0 Å². The van der Waals surface area contributed by atoms with E-state index in [1.165, 1.54) is 16.7 Å². The van der Waals surface area contributed by atoms with Gasteiger partial charge in [0.05, 0.1) is 17.3 Å². The average molecular weight is 492 g/mol. The van der Waals surface area contributed by atoms with Crippen LogP contribution in [0.3, 0.4) is 0 Å². The van der Waals surface area contributed by atoms with Crippen molar-refractivity contribution >= 4 is 28.9 Å². The molecule has 35 heavy (non-hydrogen) atoms. The van der Waals surface area contributed by atoms with E-state index in [-0.39, 0.29) is 5.41 Å². The predicted octanol–water partition coefficient (Wildman–Crippen LogP) is 4.49. The van der Waals surface area contributed by atoms with Crippen molar-refractivity contribution < 1.29 is 0 Å². The number of hydrogen-bond acceptors (Lipinski definition) is 7. The number of halogens is 1. The lowest BCUT2D eigenvalue weighted by molar-refractivity contribution is 0.178. The minimum atomic E-state index is 0.128. The highest BCUT2D eigenvalue weighted by atomic mass is 35.5. The summed E-state index contributed by atoms with van der Waals surface area (Å²) in [6.07, 6.45) is 4.26. The van der Waals surface area contributed by atoms with E-state index < -0.39 is 0 Å². The van der Waals surface area contributed by atoms with E-state index in [4.69, 9.17) is 11.6 Å². The van der Waals surface area contributed by atoms with E-state index in [1.807, 2.05) is 12.1 Å². The van der Waals surface area contributed by atoms with E-state index in [9.17, 15) is 0 Å². The molecule has 0 amide bonds. The second kappa shape index (κ2) is 9.72. The molecule has 1 N–H and O–H groups in total. The van der Waals surface area contributed by atoms with E-state index in [0.717, 1.165) is 62.2 Å². The number of likely N-dealkylation sites (N-methyl/N-ethyl adjacent to an activating group) is 1. The molecule has 8 heteroatoms. The molecule has 7 nitrogen and oxygen atoms in total. The van der Waals surface area contributed by atoms with Gasteiger partial charge in [-0.2, -0.15) is 0 Å². The minimum absolute atomic E-state index is 0.128. The Morgan fingerprint density at radius 3 is 2.77 bits per heavy atom. The number of hydrogen-bond donors (Lipinski definition) is 1. The summed E-state index contributed by atoms with van der Waals surface area (Å²) in [6, 6.07) is 10.5. The fourth-order valence-electron chi connectivity index (χ4n) is 5.29. The molecule has 2 aromatic heterocycles. The Bertz CT molecular complexity index is 1210. The molecule has 0 atom stereocenters. The van der Waals surface area contributed by atoms with Crippen LogP contribution in [0.15, 0.2) is 42.9 Å².